The summed E-state index contributed by atoms with van der Waals surface area (Å²) in [5, 5.41) is 25.5. The number of aliphatic hydroxyl groups excluding tert-OH is 1. The average molecular weight is 1020 g/mol. The molecule has 72 heavy (non-hydrogen) atoms. The topological polar surface area (TPSA) is 177 Å². The molecular formula is C53H56F3N7O7S2. The molecule has 2 aliphatic rings. The number of anilines is 2. The van der Waals surface area contributed by atoms with Crippen molar-refractivity contribution in [3.8, 4) is 33.4 Å². The Morgan fingerprint density at radius 1 is 0.944 bits per heavy atom. The van der Waals surface area contributed by atoms with Crippen LogP contribution in [0.3, 0.4) is 0 Å². The number of amides is 4. The SMILES string of the molecule is Cc1ncsc1-c1ccc(CNC(=O)C2C[C@@H](O)CN2C(=O)C(NC(=O)COCCCCOc2ccc(-c3ccc(N4C(=S)N(c5ccc(C#N)c(C(F)(F)F)c5)C(=O)C4(C)C)cc3)cc2)C(C)(C)C)cc1. The molecule has 3 N–H and O–H groups in total. The van der Waals surface area contributed by atoms with Gasteiger partial charge in [0, 0.05) is 31.8 Å². The lowest BCUT2D eigenvalue weighted by Crippen LogP contribution is -2.58. The number of carbonyl (C=O) groups is 4. The van der Waals surface area contributed by atoms with E-state index in [-0.39, 0.29) is 49.4 Å². The highest BCUT2D eigenvalue weighted by Crippen LogP contribution is 2.40. The monoisotopic (exact) mass is 1020 g/mol. The fourth-order valence-corrected chi connectivity index (χ4v) is 9.98. The van der Waals surface area contributed by atoms with Crippen molar-refractivity contribution in [2.45, 2.75) is 97.3 Å². The summed E-state index contributed by atoms with van der Waals surface area (Å²) in [6.07, 6.45) is -4.39. The fraction of sp³-hybridized carbons (Fsp3) is 0.377. The molecule has 14 nitrogen and oxygen atoms in total. The number of benzene rings is 4. The molecule has 4 aromatic carbocycles. The smallest absolute Gasteiger partial charge is 0.417 e. The number of aromatic nitrogens is 1. The van der Waals surface area contributed by atoms with Gasteiger partial charge in [0.1, 0.15) is 30.0 Å². The summed E-state index contributed by atoms with van der Waals surface area (Å²) in [4.78, 5) is 63.6. The maximum absolute atomic E-state index is 14.0. The lowest BCUT2D eigenvalue weighted by atomic mass is 9.85. The summed E-state index contributed by atoms with van der Waals surface area (Å²) in [6.45, 7) is 11.3. The van der Waals surface area contributed by atoms with Gasteiger partial charge in [-0.1, -0.05) is 69.3 Å². The summed E-state index contributed by atoms with van der Waals surface area (Å²) in [7, 11) is 0. The molecule has 378 valence electrons. The second-order valence-electron chi connectivity index (χ2n) is 19.3. The van der Waals surface area contributed by atoms with Crippen LogP contribution < -0.4 is 25.2 Å². The number of likely N-dealkylation sites (tertiary alicyclic amines) is 1. The van der Waals surface area contributed by atoms with E-state index in [2.05, 4.69) is 15.6 Å². The minimum atomic E-state index is -4.81. The zero-order valence-electron chi connectivity index (χ0n) is 40.7. The number of nitriles is 1. The number of nitrogens with one attached hydrogen (secondary N) is 2. The highest BCUT2D eigenvalue weighted by molar-refractivity contribution is 7.81. The van der Waals surface area contributed by atoms with Gasteiger partial charge in [0.2, 0.25) is 17.7 Å². The van der Waals surface area contributed by atoms with Crippen molar-refractivity contribution in [1.29, 1.82) is 5.26 Å². The van der Waals surface area contributed by atoms with Gasteiger partial charge in [-0.25, -0.2) is 4.98 Å². The number of aliphatic hydroxyl groups is 1. The molecule has 2 aliphatic heterocycles. The number of alkyl halides is 3. The number of hydrogen-bond donors (Lipinski definition) is 3. The Labute approximate surface area is 425 Å². The average Bonchev–Trinajstić information content (AvgIpc) is 4.01. The molecule has 4 amide bonds. The molecule has 0 saturated carbocycles. The minimum Gasteiger partial charge on any atom is -0.494 e. The van der Waals surface area contributed by atoms with Crippen molar-refractivity contribution in [2.24, 2.45) is 5.41 Å². The van der Waals surface area contributed by atoms with Gasteiger partial charge in [-0.3, -0.25) is 24.1 Å². The Bertz CT molecular complexity index is 2840. The maximum atomic E-state index is 14.0. The lowest BCUT2D eigenvalue weighted by Gasteiger charge is -2.35. The van der Waals surface area contributed by atoms with E-state index in [9.17, 15) is 42.7 Å². The summed E-state index contributed by atoms with van der Waals surface area (Å²) in [5.41, 5.74) is 3.23. The first-order valence-corrected chi connectivity index (χ1v) is 24.6. The molecule has 19 heteroatoms. The van der Waals surface area contributed by atoms with E-state index in [1.54, 1.807) is 53.8 Å². The van der Waals surface area contributed by atoms with Gasteiger partial charge in [-0.2, -0.15) is 18.4 Å². The largest absolute Gasteiger partial charge is 0.494 e. The van der Waals surface area contributed by atoms with Gasteiger partial charge >= 0.3 is 6.18 Å². The Kier molecular flexibility index (Phi) is 16.2. The first-order valence-electron chi connectivity index (χ1n) is 23.3. The number of halogens is 3. The van der Waals surface area contributed by atoms with Crippen molar-refractivity contribution in [3.63, 3.8) is 0 Å². The third-order valence-corrected chi connectivity index (χ3v) is 13.9. The van der Waals surface area contributed by atoms with Gasteiger partial charge < -0.3 is 35.0 Å². The highest BCUT2D eigenvalue weighted by Gasteiger charge is 2.51. The zero-order valence-corrected chi connectivity index (χ0v) is 42.3. The van der Waals surface area contributed by atoms with E-state index >= 15 is 0 Å². The number of thiazole rings is 1. The van der Waals surface area contributed by atoms with E-state index in [4.69, 9.17) is 21.7 Å². The number of β-amino-alcohol motifs (C(OH)–C–C–N with tert-alkyl or cyclic N) is 1. The van der Waals surface area contributed by atoms with Gasteiger partial charge in [0.05, 0.1) is 51.7 Å². The van der Waals surface area contributed by atoms with Crippen LogP contribution in [0.5, 0.6) is 5.75 Å². The molecule has 5 aromatic rings. The number of ether oxygens (including phenoxy) is 2. The Balaban J connectivity index is 0.841. The molecule has 2 saturated heterocycles. The number of nitrogens with zero attached hydrogens (tertiary/aromatic N) is 5. The zero-order chi connectivity index (χ0) is 52.1. The molecule has 0 radical (unpaired) electrons. The van der Waals surface area contributed by atoms with Crippen molar-refractivity contribution in [2.75, 3.05) is 36.2 Å². The number of thiocarbonyl (C=S) groups is 1. The van der Waals surface area contributed by atoms with E-state index in [1.165, 1.54) is 11.0 Å². The van der Waals surface area contributed by atoms with E-state index in [0.29, 0.717) is 30.9 Å². The molecule has 3 heterocycles. The van der Waals surface area contributed by atoms with Crippen LogP contribution in [0.4, 0.5) is 24.5 Å². The minimum absolute atomic E-state index is 0.00296. The molecule has 7 rings (SSSR count). The Morgan fingerprint density at radius 2 is 1.57 bits per heavy atom. The van der Waals surface area contributed by atoms with Crippen LogP contribution in [-0.4, -0.2) is 93.8 Å². The summed E-state index contributed by atoms with van der Waals surface area (Å²) < 4.78 is 52.9. The molecule has 1 aromatic heterocycles. The van der Waals surface area contributed by atoms with Crippen molar-refractivity contribution in [3.05, 3.63) is 119 Å². The summed E-state index contributed by atoms with van der Waals surface area (Å²) >= 11 is 7.23. The normalized spacial score (nSPS) is 17.2. The molecule has 0 bridgehead atoms. The standard InChI is InChI=1S/C53H56F3N7O7S2/c1-32-45(72-31-59-32)36-11-9-33(10-12-36)28-58-47(66)43-26-40(64)29-61(43)48(67)46(51(2,3)4)60-44(65)30-69-23-7-8-24-70-41-21-16-35(17-22-41)34-13-18-38(19-14-34)63-50(71)62(49(68)52(63,5)6)39-20-15-37(27-57)42(25-39)53(54,55)56/h9-22,25,31,40,43,46,64H,7-8,23-24,26,28-30H2,1-6H3,(H,58,66)(H,60,65)/t40-,43?,46?/m1/s1. The molecule has 3 atom stereocenters. The molecule has 2 fully saturated rings. The van der Waals surface area contributed by atoms with Crippen molar-refractivity contribution < 1.29 is 46.9 Å². The Hall–Kier alpha value is -6.72. The first-order chi connectivity index (χ1) is 34.1. The molecule has 0 aliphatic carbocycles. The number of hydrogen-bond acceptors (Lipinski definition) is 11. The van der Waals surface area contributed by atoms with Crippen molar-refractivity contribution in [1.82, 2.24) is 20.5 Å². The number of aryl methyl sites for hydroxylation is 1. The second kappa shape index (κ2) is 22.0. The van der Waals surface area contributed by atoms with Crippen molar-refractivity contribution >= 4 is 63.7 Å². The molecule has 0 spiro atoms. The number of unbranched alkanes of at least 4 members (excludes halogenated alkanes) is 1. The van der Waals surface area contributed by atoms with Gasteiger partial charge in [-0.05, 0) is 116 Å². The van der Waals surface area contributed by atoms with Gasteiger partial charge in [0.25, 0.3) is 5.91 Å². The second-order valence-corrected chi connectivity index (χ2v) is 20.5. The van der Waals surface area contributed by atoms with Crippen LogP contribution in [0, 0.1) is 23.7 Å². The predicted octanol–water partition coefficient (Wildman–Crippen LogP) is 8.58. The molecular weight excluding hydrogens is 968 g/mol. The van der Waals surface area contributed by atoms with Gasteiger partial charge in [-0.15, -0.1) is 11.3 Å². The van der Waals surface area contributed by atoms with E-state index < -0.39 is 64.2 Å². The van der Waals surface area contributed by atoms with Crippen LogP contribution in [-0.2, 0) is 36.6 Å². The third-order valence-electron chi connectivity index (χ3n) is 12.6. The Morgan fingerprint density at radius 3 is 2.18 bits per heavy atom. The van der Waals surface area contributed by atoms with E-state index in [0.717, 1.165) is 49.9 Å². The summed E-state index contributed by atoms with van der Waals surface area (Å²) in [5.74, 6) is -1.20. The van der Waals surface area contributed by atoms with Crippen LogP contribution in [0.15, 0.2) is 96.5 Å². The number of carbonyl (C=O) groups excluding carboxylic acids is 4. The van der Waals surface area contributed by atoms with Crippen LogP contribution in [0.25, 0.3) is 21.6 Å². The lowest BCUT2D eigenvalue weighted by molar-refractivity contribution is -0.144. The maximum Gasteiger partial charge on any atom is 0.417 e. The quantitative estimate of drug-likeness (QED) is 0.0601. The van der Waals surface area contributed by atoms with Crippen LogP contribution >= 0.6 is 23.6 Å². The van der Waals surface area contributed by atoms with Crippen LogP contribution in [0.1, 0.15) is 76.3 Å². The predicted molar refractivity (Wildman–Crippen MR) is 272 cm³/mol. The third kappa shape index (κ3) is 12.0. The molecule has 2 unspecified atom stereocenters. The van der Waals surface area contributed by atoms with E-state index in [1.807, 2.05) is 88.4 Å². The van der Waals surface area contributed by atoms with Crippen LogP contribution in [0.2, 0.25) is 0 Å². The fourth-order valence-electron chi connectivity index (χ4n) is 8.65. The number of rotatable bonds is 17. The first kappa shape index (κ1) is 53.1. The van der Waals surface area contributed by atoms with Gasteiger partial charge in [0.15, 0.2) is 5.11 Å². The summed E-state index contributed by atoms with van der Waals surface area (Å²) in [6, 6.07) is 25.3. The highest BCUT2D eigenvalue weighted by atomic mass is 32.1.